The topological polar surface area (TPSA) is 65.9 Å². The Kier molecular flexibility index (Phi) is 3.80. The summed E-state index contributed by atoms with van der Waals surface area (Å²) in [7, 11) is 0. The summed E-state index contributed by atoms with van der Waals surface area (Å²) in [5.74, 6) is -1.61. The van der Waals surface area contributed by atoms with Crippen molar-refractivity contribution in [2.24, 2.45) is 0 Å². The summed E-state index contributed by atoms with van der Waals surface area (Å²) >= 11 is 0. The maximum absolute atomic E-state index is 10.1. The Hall–Kier alpha value is -0.853. The van der Waals surface area contributed by atoms with E-state index in [0.717, 1.165) is 0 Å². The first-order valence-corrected chi connectivity index (χ1v) is 2.71. The molecule has 0 saturated heterocycles. The molecule has 0 spiro atoms. The normalized spacial score (nSPS) is 8.45. The molecule has 0 atom stereocenters. The SMILES string of the molecule is Cc1ccnc(C(=O)[O-])n1.[Li+]. The molecule has 52 valence electrons. The molecule has 0 aliphatic rings. The average molecular weight is 144 g/mol. The van der Waals surface area contributed by atoms with Gasteiger partial charge in [0.1, 0.15) is 5.97 Å². The van der Waals surface area contributed by atoms with Crippen molar-refractivity contribution in [3.8, 4) is 0 Å². The van der Waals surface area contributed by atoms with E-state index in [2.05, 4.69) is 9.97 Å². The molecule has 1 aromatic rings. The molecule has 1 aromatic heterocycles. The van der Waals surface area contributed by atoms with Gasteiger partial charge in [-0.3, -0.25) is 0 Å². The van der Waals surface area contributed by atoms with Gasteiger partial charge in [0.05, 0.1) is 0 Å². The number of carboxylic acids is 1. The van der Waals surface area contributed by atoms with Crippen molar-refractivity contribution in [2.75, 3.05) is 0 Å². The predicted molar refractivity (Wildman–Crippen MR) is 31.1 cm³/mol. The second-order valence-electron chi connectivity index (χ2n) is 1.81. The van der Waals surface area contributed by atoms with Gasteiger partial charge in [-0.1, -0.05) is 0 Å². The number of carbonyl (C=O) groups excluding carboxylic acids is 1. The second kappa shape index (κ2) is 4.11. The van der Waals surface area contributed by atoms with Crippen LogP contribution in [0.3, 0.4) is 0 Å². The van der Waals surface area contributed by atoms with Gasteiger partial charge in [0.25, 0.3) is 0 Å². The smallest absolute Gasteiger partial charge is 0.542 e. The fourth-order valence-electron chi connectivity index (χ4n) is 0.547. The Bertz CT molecular complexity index is 265. The van der Waals surface area contributed by atoms with Crippen LogP contribution < -0.4 is 24.0 Å². The fourth-order valence-corrected chi connectivity index (χ4v) is 0.547. The van der Waals surface area contributed by atoms with Crippen LogP contribution in [0.25, 0.3) is 0 Å². The minimum Gasteiger partial charge on any atom is -0.542 e. The van der Waals surface area contributed by atoms with E-state index in [1.807, 2.05) is 0 Å². The van der Waals surface area contributed by atoms with Crippen molar-refractivity contribution in [1.82, 2.24) is 9.97 Å². The monoisotopic (exact) mass is 144 g/mol. The number of hydrogen-bond donors (Lipinski definition) is 0. The average Bonchev–Trinajstić information content (AvgIpc) is 1.88. The van der Waals surface area contributed by atoms with E-state index in [0.29, 0.717) is 5.69 Å². The summed E-state index contributed by atoms with van der Waals surface area (Å²) in [5.41, 5.74) is 0.620. The first-order valence-electron chi connectivity index (χ1n) is 2.71. The minimum absolute atomic E-state index is 0. The van der Waals surface area contributed by atoms with Gasteiger partial charge in [-0.15, -0.1) is 0 Å². The molecule has 0 radical (unpaired) electrons. The number of rotatable bonds is 1. The maximum Gasteiger partial charge on any atom is 1.00 e. The van der Waals surface area contributed by atoms with Crippen LogP contribution in [0.15, 0.2) is 12.3 Å². The van der Waals surface area contributed by atoms with Gasteiger partial charge in [0.2, 0.25) is 0 Å². The molecule has 1 rings (SSSR count). The molecule has 0 saturated carbocycles. The van der Waals surface area contributed by atoms with Crippen LogP contribution in [0.2, 0.25) is 0 Å². The number of carboxylic acid groups (broad SMARTS) is 1. The number of aryl methyl sites for hydroxylation is 1. The van der Waals surface area contributed by atoms with Gasteiger partial charge >= 0.3 is 18.9 Å². The zero-order valence-corrected chi connectivity index (χ0v) is 6.37. The van der Waals surface area contributed by atoms with Crippen LogP contribution in [0.1, 0.15) is 16.3 Å². The van der Waals surface area contributed by atoms with Gasteiger partial charge in [-0.25, -0.2) is 9.97 Å². The molecule has 0 amide bonds. The Morgan fingerprint density at radius 3 is 2.64 bits per heavy atom. The van der Waals surface area contributed by atoms with E-state index in [4.69, 9.17) is 0 Å². The Morgan fingerprint density at radius 2 is 2.27 bits per heavy atom. The standard InChI is InChI=1S/C6H6N2O2.Li/c1-4-2-3-7-5(8-4)6(9)10;/h2-3H,1H3,(H,9,10);/q;+1/p-1. The summed E-state index contributed by atoms with van der Waals surface area (Å²) in [6.45, 7) is 1.69. The van der Waals surface area contributed by atoms with Crippen LogP contribution in [0.5, 0.6) is 0 Å². The van der Waals surface area contributed by atoms with Crippen molar-refractivity contribution in [3.05, 3.63) is 23.8 Å². The zero-order chi connectivity index (χ0) is 7.56. The van der Waals surface area contributed by atoms with E-state index in [9.17, 15) is 9.90 Å². The zero-order valence-electron chi connectivity index (χ0n) is 6.37. The van der Waals surface area contributed by atoms with E-state index >= 15 is 0 Å². The van der Waals surface area contributed by atoms with Crippen LogP contribution in [0, 0.1) is 6.92 Å². The molecule has 5 heteroatoms. The predicted octanol–water partition coefficient (Wildman–Crippen LogP) is -3.85. The molecular weight excluding hydrogens is 139 g/mol. The largest absolute Gasteiger partial charge is 1.00 e. The third kappa shape index (κ3) is 2.70. The molecule has 11 heavy (non-hydrogen) atoms. The van der Waals surface area contributed by atoms with E-state index in [-0.39, 0.29) is 24.7 Å². The van der Waals surface area contributed by atoms with Crippen LogP contribution in [0.4, 0.5) is 0 Å². The summed E-state index contributed by atoms with van der Waals surface area (Å²) < 4.78 is 0. The molecular formula is C6H5LiN2O2. The first-order chi connectivity index (χ1) is 4.70. The van der Waals surface area contributed by atoms with E-state index in [1.54, 1.807) is 13.0 Å². The molecule has 0 fully saturated rings. The minimum atomic E-state index is -1.34. The van der Waals surface area contributed by atoms with Gasteiger partial charge < -0.3 is 9.90 Å². The third-order valence-electron chi connectivity index (χ3n) is 0.977. The summed E-state index contributed by atoms with van der Waals surface area (Å²) in [6, 6.07) is 1.62. The van der Waals surface area contributed by atoms with Crippen LogP contribution in [-0.2, 0) is 0 Å². The van der Waals surface area contributed by atoms with Crippen LogP contribution >= 0.6 is 0 Å². The van der Waals surface area contributed by atoms with Crippen molar-refractivity contribution in [2.45, 2.75) is 6.92 Å². The molecule has 0 bridgehead atoms. The first kappa shape index (κ1) is 10.1. The molecule has 0 aliphatic carbocycles. The number of hydrogen-bond acceptors (Lipinski definition) is 4. The number of aromatic carboxylic acids is 1. The summed E-state index contributed by atoms with van der Waals surface area (Å²) in [4.78, 5) is 17.2. The van der Waals surface area contributed by atoms with Crippen LogP contribution in [-0.4, -0.2) is 15.9 Å². The number of aromatic nitrogens is 2. The van der Waals surface area contributed by atoms with E-state index < -0.39 is 5.97 Å². The molecule has 0 aromatic carbocycles. The summed E-state index contributed by atoms with van der Waals surface area (Å²) in [6.07, 6.45) is 1.38. The van der Waals surface area contributed by atoms with Gasteiger partial charge in [0.15, 0.2) is 5.82 Å². The van der Waals surface area contributed by atoms with Crippen molar-refractivity contribution in [3.63, 3.8) is 0 Å². The Morgan fingerprint density at radius 1 is 1.64 bits per heavy atom. The summed E-state index contributed by atoms with van der Waals surface area (Å²) in [5, 5.41) is 10.1. The molecule has 0 unspecified atom stereocenters. The number of nitrogens with zero attached hydrogens (tertiary/aromatic N) is 2. The molecule has 4 nitrogen and oxygen atoms in total. The number of carbonyl (C=O) groups is 1. The third-order valence-corrected chi connectivity index (χ3v) is 0.977. The van der Waals surface area contributed by atoms with Crippen molar-refractivity contribution >= 4 is 5.97 Å². The fraction of sp³-hybridized carbons (Fsp3) is 0.167. The van der Waals surface area contributed by atoms with Gasteiger partial charge in [-0.2, -0.15) is 0 Å². The maximum atomic E-state index is 10.1. The molecule has 0 N–H and O–H groups in total. The Balaban J connectivity index is 0.000001000. The molecule has 0 aliphatic heterocycles. The van der Waals surface area contributed by atoms with E-state index in [1.165, 1.54) is 6.20 Å². The van der Waals surface area contributed by atoms with Gasteiger partial charge in [0, 0.05) is 11.9 Å². The quantitative estimate of drug-likeness (QED) is 0.378. The molecule has 1 heterocycles. The van der Waals surface area contributed by atoms with Crippen molar-refractivity contribution in [1.29, 1.82) is 0 Å². The van der Waals surface area contributed by atoms with Crippen molar-refractivity contribution < 1.29 is 28.8 Å². The second-order valence-corrected chi connectivity index (χ2v) is 1.81. The van der Waals surface area contributed by atoms with Gasteiger partial charge in [-0.05, 0) is 13.0 Å². The Labute approximate surface area is 75.9 Å².